The number of benzene rings is 2. The van der Waals surface area contributed by atoms with Crippen molar-refractivity contribution in [2.75, 3.05) is 6.61 Å². The van der Waals surface area contributed by atoms with Crippen LogP contribution in [-0.2, 0) is 9.53 Å². The second-order valence-electron chi connectivity index (χ2n) is 7.09. The summed E-state index contributed by atoms with van der Waals surface area (Å²) in [4.78, 5) is 24.2. The molecule has 1 fully saturated rings. The Hall–Kier alpha value is -2.68. The largest absolute Gasteiger partial charge is 0.463 e. The summed E-state index contributed by atoms with van der Waals surface area (Å²) in [5.74, 6) is 1.05. The lowest BCUT2D eigenvalue weighted by atomic mass is 9.89. The Labute approximate surface area is 153 Å². The van der Waals surface area contributed by atoms with Crippen LogP contribution < -0.4 is 0 Å². The third kappa shape index (κ3) is 3.10. The normalized spacial score (nSPS) is 20.3. The molecule has 2 aliphatic carbocycles. The van der Waals surface area contributed by atoms with Gasteiger partial charge < -0.3 is 4.74 Å². The highest BCUT2D eigenvalue weighted by Gasteiger charge is 2.36. The summed E-state index contributed by atoms with van der Waals surface area (Å²) in [6.45, 7) is 2.13. The van der Waals surface area contributed by atoms with Gasteiger partial charge in [-0.05, 0) is 66.9 Å². The number of hydrogen-bond donors (Lipinski definition) is 0. The maximum Gasteiger partial charge on any atom is 0.330 e. The van der Waals surface area contributed by atoms with Crippen molar-refractivity contribution in [3.8, 4) is 0 Å². The number of carbonyl (C=O) groups is 2. The Bertz CT molecular complexity index is 877. The maximum absolute atomic E-state index is 12.8. The lowest BCUT2D eigenvalue weighted by Crippen LogP contribution is -2.05. The first-order valence-corrected chi connectivity index (χ1v) is 9.29. The SMILES string of the molecule is CCOC(=O)C=Cc1ccc(C(=O)c2ccc3c(c2)[C@H]2CC[C@H]3C2)cc1. The molecule has 0 saturated heterocycles. The third-order valence-electron chi connectivity index (χ3n) is 5.53. The minimum atomic E-state index is -0.361. The molecular formula is C23H22O3. The fourth-order valence-corrected chi connectivity index (χ4v) is 4.25. The molecule has 4 rings (SSSR count). The Morgan fingerprint density at radius 1 is 1.00 bits per heavy atom. The predicted octanol–water partition coefficient (Wildman–Crippen LogP) is 4.86. The number of rotatable bonds is 5. The zero-order valence-electron chi connectivity index (χ0n) is 14.9. The van der Waals surface area contributed by atoms with Gasteiger partial charge in [0.2, 0.25) is 0 Å². The summed E-state index contributed by atoms with van der Waals surface area (Å²) < 4.78 is 4.86. The van der Waals surface area contributed by atoms with Crippen molar-refractivity contribution in [1.82, 2.24) is 0 Å². The van der Waals surface area contributed by atoms with E-state index in [0.717, 1.165) is 11.1 Å². The van der Waals surface area contributed by atoms with Crippen molar-refractivity contribution in [3.63, 3.8) is 0 Å². The van der Waals surface area contributed by atoms with Gasteiger partial charge in [-0.2, -0.15) is 0 Å². The molecular weight excluding hydrogens is 324 g/mol. The monoisotopic (exact) mass is 346 g/mol. The molecule has 1 saturated carbocycles. The van der Waals surface area contributed by atoms with Crippen LogP contribution in [0.5, 0.6) is 0 Å². The van der Waals surface area contributed by atoms with E-state index < -0.39 is 0 Å². The van der Waals surface area contributed by atoms with Crippen LogP contribution in [0.3, 0.4) is 0 Å². The number of fused-ring (bicyclic) bond motifs is 5. The topological polar surface area (TPSA) is 43.4 Å². The van der Waals surface area contributed by atoms with Gasteiger partial charge in [-0.1, -0.05) is 36.4 Å². The summed E-state index contributed by atoms with van der Waals surface area (Å²) in [5.41, 5.74) is 5.15. The zero-order chi connectivity index (χ0) is 18.1. The average Bonchev–Trinajstić information content (AvgIpc) is 3.29. The van der Waals surface area contributed by atoms with Crippen molar-refractivity contribution in [2.24, 2.45) is 0 Å². The molecule has 2 aromatic carbocycles. The third-order valence-corrected chi connectivity index (χ3v) is 5.53. The Balaban J connectivity index is 1.50. The van der Waals surface area contributed by atoms with Crippen LogP contribution in [0.25, 0.3) is 6.08 Å². The molecule has 132 valence electrons. The second-order valence-corrected chi connectivity index (χ2v) is 7.09. The molecule has 2 bridgehead atoms. The number of esters is 1. The van der Waals surface area contributed by atoms with Gasteiger partial charge in [0.25, 0.3) is 0 Å². The molecule has 2 atom stereocenters. The lowest BCUT2D eigenvalue weighted by molar-refractivity contribution is -0.137. The fourth-order valence-electron chi connectivity index (χ4n) is 4.25. The van der Waals surface area contributed by atoms with E-state index in [1.807, 2.05) is 30.3 Å². The maximum atomic E-state index is 12.8. The van der Waals surface area contributed by atoms with Crippen LogP contribution in [-0.4, -0.2) is 18.4 Å². The van der Waals surface area contributed by atoms with E-state index >= 15 is 0 Å². The van der Waals surface area contributed by atoms with Gasteiger partial charge in [0.1, 0.15) is 0 Å². The van der Waals surface area contributed by atoms with Gasteiger partial charge in [-0.15, -0.1) is 0 Å². The smallest absolute Gasteiger partial charge is 0.330 e. The molecule has 2 aromatic rings. The van der Waals surface area contributed by atoms with E-state index in [4.69, 9.17) is 4.74 Å². The lowest BCUT2D eigenvalue weighted by Gasteiger charge is -2.15. The van der Waals surface area contributed by atoms with Crippen LogP contribution in [0.4, 0.5) is 0 Å². The van der Waals surface area contributed by atoms with Crippen molar-refractivity contribution in [2.45, 2.75) is 38.0 Å². The molecule has 0 N–H and O–H groups in total. The first-order valence-electron chi connectivity index (χ1n) is 9.29. The Kier molecular flexibility index (Phi) is 4.46. The Morgan fingerprint density at radius 3 is 2.42 bits per heavy atom. The van der Waals surface area contributed by atoms with Gasteiger partial charge in [0.05, 0.1) is 6.61 Å². The van der Waals surface area contributed by atoms with Crippen LogP contribution in [0.15, 0.2) is 48.5 Å². The zero-order valence-corrected chi connectivity index (χ0v) is 14.9. The number of hydrogen-bond acceptors (Lipinski definition) is 3. The molecule has 0 unspecified atom stereocenters. The highest BCUT2D eigenvalue weighted by atomic mass is 16.5. The summed E-state index contributed by atoms with van der Waals surface area (Å²) in [6.07, 6.45) is 6.91. The van der Waals surface area contributed by atoms with E-state index in [2.05, 4.69) is 12.1 Å². The predicted molar refractivity (Wildman–Crippen MR) is 101 cm³/mol. The minimum Gasteiger partial charge on any atom is -0.463 e. The van der Waals surface area contributed by atoms with Gasteiger partial charge >= 0.3 is 5.97 Å². The van der Waals surface area contributed by atoms with E-state index in [1.165, 1.54) is 36.5 Å². The molecule has 0 amide bonds. The standard InChI is InChI=1S/C23H22O3/c1-2-26-22(24)12-5-15-3-6-16(7-4-15)23(25)19-10-11-20-17-8-9-18(13-17)21(20)14-19/h3-7,10-12,14,17-18H,2,8-9,13H2,1H3/t17-,18-/m0/s1. The van der Waals surface area contributed by atoms with E-state index in [0.29, 0.717) is 24.0 Å². The quantitative estimate of drug-likeness (QED) is 0.441. The van der Waals surface area contributed by atoms with Crippen molar-refractivity contribution >= 4 is 17.8 Å². The van der Waals surface area contributed by atoms with Crippen molar-refractivity contribution in [1.29, 1.82) is 0 Å². The first kappa shape index (κ1) is 16.8. The number of ketones is 1. The summed E-state index contributed by atoms with van der Waals surface area (Å²) in [6, 6.07) is 13.5. The van der Waals surface area contributed by atoms with Crippen LogP contribution in [0, 0.1) is 0 Å². The average molecular weight is 346 g/mol. The van der Waals surface area contributed by atoms with Crippen molar-refractivity contribution in [3.05, 3.63) is 76.4 Å². The molecule has 26 heavy (non-hydrogen) atoms. The van der Waals surface area contributed by atoms with Gasteiger partial charge in [0.15, 0.2) is 5.78 Å². The molecule has 0 aliphatic heterocycles. The van der Waals surface area contributed by atoms with Crippen molar-refractivity contribution < 1.29 is 14.3 Å². The van der Waals surface area contributed by atoms with Crippen LogP contribution >= 0.6 is 0 Å². The summed E-state index contributed by atoms with van der Waals surface area (Å²) in [7, 11) is 0. The molecule has 0 aromatic heterocycles. The number of ether oxygens (including phenoxy) is 1. The second kappa shape index (κ2) is 6.91. The molecule has 2 aliphatic rings. The van der Waals surface area contributed by atoms with Gasteiger partial charge in [0, 0.05) is 17.2 Å². The molecule has 3 nitrogen and oxygen atoms in total. The molecule has 0 radical (unpaired) electrons. The Morgan fingerprint density at radius 2 is 1.69 bits per heavy atom. The highest BCUT2D eigenvalue weighted by Crippen LogP contribution is 2.53. The van der Waals surface area contributed by atoms with E-state index in [-0.39, 0.29) is 11.8 Å². The summed E-state index contributed by atoms with van der Waals surface area (Å²) in [5, 5.41) is 0. The molecule has 0 heterocycles. The van der Waals surface area contributed by atoms with Crippen LogP contribution in [0.1, 0.15) is 70.6 Å². The van der Waals surface area contributed by atoms with E-state index in [9.17, 15) is 9.59 Å². The van der Waals surface area contributed by atoms with Gasteiger partial charge in [-0.25, -0.2) is 4.79 Å². The van der Waals surface area contributed by atoms with Crippen LogP contribution in [0.2, 0.25) is 0 Å². The highest BCUT2D eigenvalue weighted by molar-refractivity contribution is 6.09. The minimum absolute atomic E-state index is 0.0523. The molecule has 0 spiro atoms. The summed E-state index contributed by atoms with van der Waals surface area (Å²) >= 11 is 0. The fraction of sp³-hybridized carbons (Fsp3) is 0.304. The van der Waals surface area contributed by atoms with E-state index in [1.54, 1.807) is 13.0 Å². The first-order chi connectivity index (χ1) is 12.7. The number of carbonyl (C=O) groups excluding carboxylic acids is 2. The van der Waals surface area contributed by atoms with Gasteiger partial charge in [-0.3, -0.25) is 4.79 Å². The molecule has 3 heteroatoms.